The number of hydrogen-bond acceptors (Lipinski definition) is 4. The Morgan fingerprint density at radius 2 is 2.25 bits per heavy atom. The summed E-state index contributed by atoms with van der Waals surface area (Å²) in [4.78, 5) is 21.7. The predicted molar refractivity (Wildman–Crippen MR) is 68.7 cm³/mol. The van der Waals surface area contributed by atoms with E-state index in [1.54, 1.807) is 22.6 Å². The number of nitro benzene ring substituents is 1. The molecule has 16 heavy (non-hydrogen) atoms. The van der Waals surface area contributed by atoms with E-state index in [2.05, 4.69) is 15.9 Å². The molecule has 0 heterocycles. The van der Waals surface area contributed by atoms with Crippen LogP contribution in [0.1, 0.15) is 15.9 Å². The van der Waals surface area contributed by atoms with E-state index in [0.29, 0.717) is 0 Å². The number of halogens is 2. The lowest BCUT2D eigenvalue weighted by Crippen LogP contribution is -2.08. The van der Waals surface area contributed by atoms with Gasteiger partial charge in [0.05, 0.1) is 27.4 Å². The smallest absolute Gasteiger partial charge is 0.283 e. The Bertz CT molecular complexity index is 510. The van der Waals surface area contributed by atoms with Crippen molar-refractivity contribution in [3.8, 4) is 6.07 Å². The Morgan fingerprint density at radius 1 is 1.62 bits per heavy atom. The number of carbonyl (C=O) groups excluding carboxylic acids is 1. The maximum atomic E-state index is 11.6. The third-order valence-electron chi connectivity index (χ3n) is 1.84. The van der Waals surface area contributed by atoms with Crippen molar-refractivity contribution >= 4 is 50.0 Å². The molecule has 5 nitrogen and oxygen atoms in total. The van der Waals surface area contributed by atoms with E-state index in [4.69, 9.17) is 5.26 Å². The van der Waals surface area contributed by atoms with Gasteiger partial charge in [-0.25, -0.2) is 0 Å². The molecule has 1 aromatic carbocycles. The molecule has 0 aliphatic carbocycles. The normalized spacial score (nSPS) is 9.56. The molecule has 0 aliphatic heterocycles. The summed E-state index contributed by atoms with van der Waals surface area (Å²) in [6.07, 6.45) is 0. The van der Waals surface area contributed by atoms with Crippen molar-refractivity contribution in [3.63, 3.8) is 0 Å². The number of carbonyl (C=O) groups is 1. The van der Waals surface area contributed by atoms with Gasteiger partial charge in [-0.15, -0.1) is 0 Å². The van der Waals surface area contributed by atoms with E-state index < -0.39 is 4.92 Å². The summed E-state index contributed by atoms with van der Waals surface area (Å²) in [5, 5.41) is 19.5. The quantitative estimate of drug-likeness (QED) is 0.259. The second-order valence-corrected chi connectivity index (χ2v) is 4.39. The number of alkyl halides is 1. The van der Waals surface area contributed by atoms with Gasteiger partial charge in [0.1, 0.15) is 3.57 Å². The highest BCUT2D eigenvalue weighted by atomic mass is 127. The van der Waals surface area contributed by atoms with E-state index in [-0.39, 0.29) is 31.5 Å². The Kier molecular flexibility index (Phi) is 4.37. The monoisotopic (exact) mass is 394 g/mol. The lowest BCUT2D eigenvalue weighted by molar-refractivity contribution is -0.385. The highest BCUT2D eigenvalue weighted by Gasteiger charge is 2.22. The number of ketones is 1. The number of benzene rings is 1. The van der Waals surface area contributed by atoms with Crippen molar-refractivity contribution in [1.29, 1.82) is 5.26 Å². The molecule has 7 heteroatoms. The van der Waals surface area contributed by atoms with Crippen molar-refractivity contribution in [2.45, 2.75) is 0 Å². The van der Waals surface area contributed by atoms with Gasteiger partial charge in [0.25, 0.3) is 5.69 Å². The summed E-state index contributed by atoms with van der Waals surface area (Å²) in [5.74, 6) is -0.343. The number of nitro groups is 1. The first-order valence-corrected chi connectivity index (χ1v) is 6.19. The third kappa shape index (κ3) is 2.38. The van der Waals surface area contributed by atoms with Crippen molar-refractivity contribution in [1.82, 2.24) is 0 Å². The molecule has 0 unspecified atom stereocenters. The van der Waals surface area contributed by atoms with Crippen LogP contribution >= 0.6 is 38.5 Å². The summed E-state index contributed by atoms with van der Waals surface area (Å²) in [6, 6.07) is 4.36. The highest BCUT2D eigenvalue weighted by Crippen LogP contribution is 2.27. The van der Waals surface area contributed by atoms with Gasteiger partial charge < -0.3 is 0 Å². The molecule has 0 radical (unpaired) electrons. The van der Waals surface area contributed by atoms with E-state index in [1.165, 1.54) is 12.1 Å². The van der Waals surface area contributed by atoms with Crippen molar-refractivity contribution in [2.24, 2.45) is 0 Å². The first-order chi connectivity index (χ1) is 7.52. The lowest BCUT2D eigenvalue weighted by atomic mass is 10.0. The fraction of sp³-hybridized carbons (Fsp3) is 0.111. The Balaban J connectivity index is 3.54. The zero-order valence-electron chi connectivity index (χ0n) is 7.74. The SMILES string of the molecule is N#Cc1ccc([N+](=O)[O-])c(I)c1C(=O)CBr. The van der Waals surface area contributed by atoms with Gasteiger partial charge in [0.2, 0.25) is 0 Å². The number of nitriles is 1. The molecule has 0 fully saturated rings. The molecule has 0 spiro atoms. The van der Waals surface area contributed by atoms with Crippen LogP contribution in [0.15, 0.2) is 12.1 Å². The van der Waals surface area contributed by atoms with Crippen molar-refractivity contribution < 1.29 is 9.72 Å². The number of nitrogens with zero attached hydrogens (tertiary/aromatic N) is 2. The van der Waals surface area contributed by atoms with Crippen LogP contribution in [0.2, 0.25) is 0 Å². The zero-order valence-corrected chi connectivity index (χ0v) is 11.5. The standard InChI is InChI=1S/C9H4BrIN2O3/c10-3-7(14)8-5(4-12)1-2-6(9(8)11)13(15)16/h1-2H,3H2. The Morgan fingerprint density at radius 3 is 2.69 bits per heavy atom. The van der Waals surface area contributed by atoms with Crippen LogP contribution in [0.3, 0.4) is 0 Å². The van der Waals surface area contributed by atoms with Crippen LogP contribution in [0.25, 0.3) is 0 Å². The molecule has 1 rings (SSSR count). The largest absolute Gasteiger partial charge is 0.293 e. The minimum Gasteiger partial charge on any atom is -0.293 e. The fourth-order valence-electron chi connectivity index (χ4n) is 1.14. The van der Waals surface area contributed by atoms with E-state index >= 15 is 0 Å². The molecule has 0 aromatic heterocycles. The molecule has 1 aromatic rings. The first kappa shape index (κ1) is 13.1. The van der Waals surface area contributed by atoms with Gasteiger partial charge >= 0.3 is 0 Å². The van der Waals surface area contributed by atoms with Gasteiger partial charge in [-0.3, -0.25) is 14.9 Å². The van der Waals surface area contributed by atoms with Gasteiger partial charge in [0, 0.05) is 6.07 Å². The Labute approximate surface area is 113 Å². The maximum Gasteiger partial charge on any atom is 0.283 e. The van der Waals surface area contributed by atoms with E-state index in [1.807, 2.05) is 6.07 Å². The topological polar surface area (TPSA) is 84.0 Å². The second-order valence-electron chi connectivity index (χ2n) is 2.75. The molecule has 0 aliphatic rings. The molecule has 0 atom stereocenters. The van der Waals surface area contributed by atoms with E-state index in [9.17, 15) is 14.9 Å². The summed E-state index contributed by atoms with van der Waals surface area (Å²) < 4.78 is 0.200. The fourth-order valence-corrected chi connectivity index (χ4v) is 2.39. The maximum absolute atomic E-state index is 11.6. The summed E-state index contributed by atoms with van der Waals surface area (Å²) in [5.41, 5.74) is 0.0949. The van der Waals surface area contributed by atoms with E-state index in [0.717, 1.165) is 0 Å². The van der Waals surface area contributed by atoms with Crippen LogP contribution in [-0.2, 0) is 0 Å². The average Bonchev–Trinajstić information content (AvgIpc) is 2.26. The van der Waals surface area contributed by atoms with Crippen LogP contribution < -0.4 is 0 Å². The van der Waals surface area contributed by atoms with Crippen LogP contribution in [0.4, 0.5) is 5.69 Å². The minimum atomic E-state index is -0.575. The van der Waals surface area contributed by atoms with Gasteiger partial charge in [-0.1, -0.05) is 15.9 Å². The number of hydrogen-bond donors (Lipinski definition) is 0. The molecule has 0 saturated carbocycles. The van der Waals surface area contributed by atoms with Gasteiger partial charge in [0.15, 0.2) is 5.78 Å². The first-order valence-electron chi connectivity index (χ1n) is 3.99. The van der Waals surface area contributed by atoms with Gasteiger partial charge in [-0.05, 0) is 28.7 Å². The lowest BCUT2D eigenvalue weighted by Gasteiger charge is -2.04. The molecular weight excluding hydrogens is 391 g/mol. The van der Waals surface area contributed by atoms with Crippen LogP contribution in [-0.4, -0.2) is 16.0 Å². The molecular formula is C9H4BrIN2O3. The molecule has 0 N–H and O–H groups in total. The minimum absolute atomic E-state index is 0.0266. The predicted octanol–water partition coefficient (Wildman–Crippen LogP) is 2.65. The van der Waals surface area contributed by atoms with Crippen molar-refractivity contribution in [2.75, 3.05) is 5.33 Å². The van der Waals surface area contributed by atoms with Crippen LogP contribution in [0, 0.1) is 25.0 Å². The summed E-state index contributed by atoms with van der Waals surface area (Å²) >= 11 is 4.69. The average molecular weight is 395 g/mol. The molecule has 82 valence electrons. The third-order valence-corrected chi connectivity index (χ3v) is 3.44. The molecule has 0 saturated heterocycles. The molecule has 0 bridgehead atoms. The van der Waals surface area contributed by atoms with Crippen LogP contribution in [0.5, 0.6) is 0 Å². The van der Waals surface area contributed by atoms with Gasteiger partial charge in [-0.2, -0.15) is 5.26 Å². The zero-order chi connectivity index (χ0) is 12.3. The summed E-state index contributed by atoms with van der Waals surface area (Å²) in [7, 11) is 0. The second kappa shape index (κ2) is 5.36. The number of Topliss-reactive ketones (excluding diaryl/α,β-unsaturated/α-hetero) is 1. The summed E-state index contributed by atoms with van der Waals surface area (Å²) in [6.45, 7) is 0. The Hall–Kier alpha value is -1.01. The molecule has 0 amide bonds. The highest BCUT2D eigenvalue weighted by molar-refractivity contribution is 14.1. The van der Waals surface area contributed by atoms with Crippen molar-refractivity contribution in [3.05, 3.63) is 36.9 Å². The number of rotatable bonds is 3.